The predicted octanol–water partition coefficient (Wildman–Crippen LogP) is 3.92. The summed E-state index contributed by atoms with van der Waals surface area (Å²) in [6.07, 6.45) is 13.7. The van der Waals surface area contributed by atoms with E-state index in [1.165, 1.54) is 44.9 Å². The zero-order chi connectivity index (χ0) is 11.4. The highest BCUT2D eigenvalue weighted by molar-refractivity contribution is 4.83. The maximum atomic E-state index is 9.53. The van der Waals surface area contributed by atoms with Crippen LogP contribution in [0.25, 0.3) is 0 Å². The summed E-state index contributed by atoms with van der Waals surface area (Å²) in [6, 6.07) is 0. The molecule has 0 bridgehead atoms. The van der Waals surface area contributed by atoms with Gasteiger partial charge in [0.25, 0.3) is 0 Å². The van der Waals surface area contributed by atoms with Crippen molar-refractivity contribution in [2.24, 2.45) is 17.8 Å². The van der Waals surface area contributed by atoms with Gasteiger partial charge in [-0.05, 0) is 75.5 Å². The summed E-state index contributed by atoms with van der Waals surface area (Å²) >= 11 is 0. The molecule has 0 atom stereocenters. The minimum atomic E-state index is 0.00774. The lowest BCUT2D eigenvalue weighted by atomic mass is 9.70. The van der Waals surface area contributed by atoms with Crippen molar-refractivity contribution in [2.75, 3.05) is 0 Å². The van der Waals surface area contributed by atoms with Crippen molar-refractivity contribution < 1.29 is 5.11 Å². The molecule has 1 heteroatoms. The molecule has 0 saturated heterocycles. The lowest BCUT2D eigenvalue weighted by molar-refractivity contribution is 0.0772. The first-order valence-electron chi connectivity index (χ1n) is 7.08. The zero-order valence-electron chi connectivity index (χ0n) is 10.4. The van der Waals surface area contributed by atoms with Crippen molar-refractivity contribution in [1.29, 1.82) is 0 Å². The highest BCUT2D eigenvalue weighted by Crippen LogP contribution is 2.40. The van der Waals surface area contributed by atoms with Gasteiger partial charge in [0.15, 0.2) is 0 Å². The fraction of sp³-hybridized carbons (Fsp3) is 0.867. The smallest absolute Gasteiger partial charge is 0.0540 e. The van der Waals surface area contributed by atoms with Crippen LogP contribution in [-0.2, 0) is 0 Å². The molecule has 92 valence electrons. The third kappa shape index (κ3) is 3.10. The van der Waals surface area contributed by atoms with Crippen LogP contribution in [0.5, 0.6) is 0 Å². The Morgan fingerprint density at radius 1 is 0.875 bits per heavy atom. The largest absolute Gasteiger partial charge is 0.393 e. The van der Waals surface area contributed by atoms with Gasteiger partial charge in [0.2, 0.25) is 0 Å². The molecule has 0 heterocycles. The molecule has 2 aliphatic rings. The molecule has 0 aromatic rings. The van der Waals surface area contributed by atoms with Crippen molar-refractivity contribution in [2.45, 2.75) is 63.9 Å². The number of hydrogen-bond acceptors (Lipinski definition) is 1. The van der Waals surface area contributed by atoms with E-state index in [-0.39, 0.29) is 6.10 Å². The molecular formula is C15H26O. The van der Waals surface area contributed by atoms with Crippen LogP contribution < -0.4 is 0 Å². The van der Waals surface area contributed by atoms with Gasteiger partial charge >= 0.3 is 0 Å². The van der Waals surface area contributed by atoms with E-state index >= 15 is 0 Å². The highest BCUT2D eigenvalue weighted by Gasteiger charge is 2.29. The average Bonchev–Trinajstić information content (AvgIpc) is 2.32. The van der Waals surface area contributed by atoms with Crippen molar-refractivity contribution >= 4 is 0 Å². The Kier molecular flexibility index (Phi) is 4.45. The van der Waals surface area contributed by atoms with E-state index < -0.39 is 0 Å². The summed E-state index contributed by atoms with van der Waals surface area (Å²) < 4.78 is 0. The Morgan fingerprint density at radius 2 is 1.38 bits per heavy atom. The molecule has 0 unspecified atom stereocenters. The van der Waals surface area contributed by atoms with Crippen molar-refractivity contribution in [3.05, 3.63) is 12.7 Å². The summed E-state index contributed by atoms with van der Waals surface area (Å²) in [5.74, 6) is 2.81. The lowest BCUT2D eigenvalue weighted by Crippen LogP contribution is -2.27. The molecule has 2 saturated carbocycles. The molecule has 0 aromatic heterocycles. The van der Waals surface area contributed by atoms with E-state index in [4.69, 9.17) is 0 Å². The maximum Gasteiger partial charge on any atom is 0.0540 e. The third-order valence-corrected chi connectivity index (χ3v) is 4.80. The molecule has 0 spiro atoms. The van der Waals surface area contributed by atoms with Crippen LogP contribution in [0.2, 0.25) is 0 Å². The van der Waals surface area contributed by atoms with Gasteiger partial charge in [-0.15, -0.1) is 6.58 Å². The first-order valence-corrected chi connectivity index (χ1v) is 7.08. The van der Waals surface area contributed by atoms with Crippen LogP contribution in [0.4, 0.5) is 0 Å². The van der Waals surface area contributed by atoms with E-state index in [1.54, 1.807) is 0 Å². The quantitative estimate of drug-likeness (QED) is 0.718. The highest BCUT2D eigenvalue weighted by atomic mass is 16.3. The van der Waals surface area contributed by atoms with Gasteiger partial charge in [-0.3, -0.25) is 0 Å². The van der Waals surface area contributed by atoms with Crippen LogP contribution in [0.1, 0.15) is 57.8 Å². The second-order valence-corrected chi connectivity index (χ2v) is 5.87. The van der Waals surface area contributed by atoms with Gasteiger partial charge in [-0.1, -0.05) is 6.08 Å². The molecule has 0 aromatic carbocycles. The van der Waals surface area contributed by atoms with Gasteiger partial charge < -0.3 is 5.11 Å². The fourth-order valence-corrected chi connectivity index (χ4v) is 3.70. The number of allylic oxidation sites excluding steroid dienone is 1. The lowest BCUT2D eigenvalue weighted by Gasteiger charge is -2.36. The molecule has 0 aliphatic heterocycles. The molecule has 0 radical (unpaired) electrons. The van der Waals surface area contributed by atoms with Crippen LogP contribution in [0.3, 0.4) is 0 Å². The number of rotatable bonds is 3. The van der Waals surface area contributed by atoms with Crippen molar-refractivity contribution in [3.8, 4) is 0 Å². The number of aliphatic hydroxyl groups is 1. The van der Waals surface area contributed by atoms with E-state index in [0.29, 0.717) is 0 Å². The summed E-state index contributed by atoms with van der Waals surface area (Å²) in [4.78, 5) is 0. The van der Waals surface area contributed by atoms with Gasteiger partial charge in [-0.2, -0.15) is 0 Å². The maximum absolute atomic E-state index is 9.53. The summed E-state index contributed by atoms with van der Waals surface area (Å²) in [6.45, 7) is 3.84. The van der Waals surface area contributed by atoms with E-state index in [0.717, 1.165) is 30.6 Å². The minimum absolute atomic E-state index is 0.00774. The van der Waals surface area contributed by atoms with Crippen LogP contribution >= 0.6 is 0 Å². The summed E-state index contributed by atoms with van der Waals surface area (Å²) in [5.41, 5.74) is 0. The predicted molar refractivity (Wildman–Crippen MR) is 68.2 cm³/mol. The average molecular weight is 222 g/mol. The summed E-state index contributed by atoms with van der Waals surface area (Å²) in [5, 5.41) is 9.53. The Morgan fingerprint density at radius 3 is 1.88 bits per heavy atom. The number of aliphatic hydroxyl groups excluding tert-OH is 1. The van der Waals surface area contributed by atoms with Gasteiger partial charge in [-0.25, -0.2) is 0 Å². The Balaban J connectivity index is 1.74. The van der Waals surface area contributed by atoms with E-state index in [9.17, 15) is 5.11 Å². The normalized spacial score (nSPS) is 40.6. The third-order valence-electron chi connectivity index (χ3n) is 4.80. The molecule has 0 amide bonds. The van der Waals surface area contributed by atoms with E-state index in [1.807, 2.05) is 0 Å². The van der Waals surface area contributed by atoms with Crippen LogP contribution in [-0.4, -0.2) is 11.2 Å². The molecule has 16 heavy (non-hydrogen) atoms. The topological polar surface area (TPSA) is 20.2 Å². The van der Waals surface area contributed by atoms with E-state index in [2.05, 4.69) is 12.7 Å². The first-order chi connectivity index (χ1) is 7.79. The molecule has 2 rings (SSSR count). The molecule has 1 N–H and O–H groups in total. The second-order valence-electron chi connectivity index (χ2n) is 5.87. The van der Waals surface area contributed by atoms with Gasteiger partial charge in [0, 0.05) is 0 Å². The monoisotopic (exact) mass is 222 g/mol. The minimum Gasteiger partial charge on any atom is -0.393 e. The molecule has 2 fully saturated rings. The molecular weight excluding hydrogens is 196 g/mol. The summed E-state index contributed by atoms with van der Waals surface area (Å²) in [7, 11) is 0. The van der Waals surface area contributed by atoms with Gasteiger partial charge in [0.1, 0.15) is 0 Å². The second kappa shape index (κ2) is 5.86. The van der Waals surface area contributed by atoms with Crippen LogP contribution in [0.15, 0.2) is 12.7 Å². The first kappa shape index (κ1) is 12.2. The van der Waals surface area contributed by atoms with Crippen molar-refractivity contribution in [3.63, 3.8) is 0 Å². The Hall–Kier alpha value is -0.300. The fourth-order valence-electron chi connectivity index (χ4n) is 3.70. The standard InChI is InChI=1S/C15H26O/c1-2-3-12-4-6-13(7-5-12)14-8-10-15(16)11-9-14/h2,12-16H,1,3-11H2. The van der Waals surface area contributed by atoms with Gasteiger partial charge in [0.05, 0.1) is 6.10 Å². The Labute approximate surface area is 99.9 Å². The van der Waals surface area contributed by atoms with Crippen molar-refractivity contribution in [1.82, 2.24) is 0 Å². The Bertz CT molecular complexity index is 207. The number of hydrogen-bond donors (Lipinski definition) is 1. The molecule has 2 aliphatic carbocycles. The zero-order valence-corrected chi connectivity index (χ0v) is 10.4. The molecule has 1 nitrogen and oxygen atoms in total. The van der Waals surface area contributed by atoms with Crippen LogP contribution in [0, 0.1) is 17.8 Å². The SMILES string of the molecule is C=CCC1CCC(C2CCC(O)CC2)CC1.